The summed E-state index contributed by atoms with van der Waals surface area (Å²) in [6.45, 7) is 7.98. The topological polar surface area (TPSA) is 20.2 Å². The quantitative estimate of drug-likeness (QED) is 0.552. The first kappa shape index (κ1) is 7.70. The zero-order valence-electron chi connectivity index (χ0n) is 5.65. The minimum absolute atomic E-state index is 0.242. The summed E-state index contributed by atoms with van der Waals surface area (Å²) < 4.78 is 0. The van der Waals surface area contributed by atoms with Crippen LogP contribution in [0.2, 0.25) is 0 Å². The van der Waals surface area contributed by atoms with Crippen LogP contribution in [0.5, 0.6) is 0 Å². The van der Waals surface area contributed by atoms with Crippen LogP contribution in [0.3, 0.4) is 0 Å². The molecule has 0 aromatic rings. The Morgan fingerprint density at radius 2 is 2.25 bits per heavy atom. The Kier molecular flexibility index (Phi) is 3.53. The minimum Gasteiger partial charge on any atom is -0.396 e. The molecule has 0 saturated heterocycles. The fourth-order valence-corrected chi connectivity index (χ4v) is 0.633. The van der Waals surface area contributed by atoms with Gasteiger partial charge in [0.15, 0.2) is 0 Å². The van der Waals surface area contributed by atoms with Crippen molar-refractivity contribution in [3.05, 3.63) is 12.2 Å². The Hall–Kier alpha value is -0.300. The van der Waals surface area contributed by atoms with Gasteiger partial charge in [-0.3, -0.25) is 0 Å². The van der Waals surface area contributed by atoms with Crippen molar-refractivity contribution >= 4 is 0 Å². The highest BCUT2D eigenvalue weighted by molar-refractivity contribution is 4.94. The summed E-state index contributed by atoms with van der Waals surface area (Å²) >= 11 is 0. The van der Waals surface area contributed by atoms with Gasteiger partial charge in [-0.2, -0.15) is 0 Å². The van der Waals surface area contributed by atoms with Gasteiger partial charge in [0.1, 0.15) is 0 Å². The van der Waals surface area contributed by atoms with Crippen LogP contribution >= 0.6 is 0 Å². The Morgan fingerprint density at radius 3 is 2.25 bits per heavy atom. The Labute approximate surface area is 51.0 Å². The molecule has 0 unspecified atom stereocenters. The summed E-state index contributed by atoms with van der Waals surface area (Å²) in [6, 6.07) is 0. The second kappa shape index (κ2) is 3.67. The summed E-state index contributed by atoms with van der Waals surface area (Å²) in [4.78, 5) is 0. The molecule has 1 nitrogen and oxygen atoms in total. The monoisotopic (exact) mass is 114 g/mol. The van der Waals surface area contributed by atoms with Gasteiger partial charge in [0.2, 0.25) is 0 Å². The van der Waals surface area contributed by atoms with Crippen molar-refractivity contribution in [2.45, 2.75) is 20.3 Å². The van der Waals surface area contributed by atoms with E-state index in [4.69, 9.17) is 5.11 Å². The predicted molar refractivity (Wildman–Crippen MR) is 35.7 cm³/mol. The Bertz CT molecular complexity index is 72.5. The molecule has 0 aliphatic heterocycles. The molecular formula is C7H14O. The first-order valence-corrected chi connectivity index (χ1v) is 2.98. The van der Waals surface area contributed by atoms with Crippen molar-refractivity contribution in [2.75, 3.05) is 6.61 Å². The lowest BCUT2D eigenvalue weighted by Crippen LogP contribution is -2.04. The van der Waals surface area contributed by atoms with Crippen LogP contribution in [0.1, 0.15) is 20.3 Å². The lowest BCUT2D eigenvalue weighted by atomic mass is 10.0. The number of aliphatic hydroxyl groups is 1. The maximum Gasteiger partial charge on any atom is 0.0496 e. The number of hydrogen-bond acceptors (Lipinski definition) is 1. The number of aliphatic hydroxyl groups excluding tert-OH is 1. The molecule has 8 heavy (non-hydrogen) atoms. The van der Waals surface area contributed by atoms with E-state index in [9.17, 15) is 0 Å². The molecular weight excluding hydrogens is 100 g/mol. The number of hydrogen-bond donors (Lipinski definition) is 1. The zero-order chi connectivity index (χ0) is 6.57. The highest BCUT2D eigenvalue weighted by Crippen LogP contribution is 2.09. The average Bonchev–Trinajstić information content (AvgIpc) is 1.69. The molecule has 0 saturated carbocycles. The minimum atomic E-state index is 0.242. The first-order chi connectivity index (χ1) is 3.72. The van der Waals surface area contributed by atoms with E-state index in [1.807, 2.05) is 6.92 Å². The second-order valence-electron chi connectivity index (χ2n) is 2.13. The van der Waals surface area contributed by atoms with Crippen LogP contribution in [-0.4, -0.2) is 11.7 Å². The van der Waals surface area contributed by atoms with Crippen molar-refractivity contribution in [3.63, 3.8) is 0 Å². The van der Waals surface area contributed by atoms with E-state index in [2.05, 4.69) is 13.5 Å². The van der Waals surface area contributed by atoms with E-state index in [0.717, 1.165) is 12.0 Å². The van der Waals surface area contributed by atoms with Crippen molar-refractivity contribution in [2.24, 2.45) is 5.92 Å². The Morgan fingerprint density at radius 1 is 1.75 bits per heavy atom. The van der Waals surface area contributed by atoms with Gasteiger partial charge in [0.25, 0.3) is 0 Å². The molecule has 0 heterocycles. The van der Waals surface area contributed by atoms with Gasteiger partial charge in [-0.05, 0) is 13.3 Å². The van der Waals surface area contributed by atoms with E-state index in [-0.39, 0.29) is 6.61 Å². The van der Waals surface area contributed by atoms with Gasteiger partial charge in [-0.25, -0.2) is 0 Å². The van der Waals surface area contributed by atoms with Gasteiger partial charge < -0.3 is 5.11 Å². The third-order valence-electron chi connectivity index (χ3n) is 1.41. The van der Waals surface area contributed by atoms with E-state index >= 15 is 0 Å². The molecule has 0 aromatic carbocycles. The second-order valence-corrected chi connectivity index (χ2v) is 2.13. The fraction of sp³-hybridized carbons (Fsp3) is 0.714. The van der Waals surface area contributed by atoms with Gasteiger partial charge in [-0.15, -0.1) is 0 Å². The maximum absolute atomic E-state index is 8.64. The highest BCUT2D eigenvalue weighted by atomic mass is 16.3. The SMILES string of the molecule is C=C(C)[C@@H](CC)CO. The summed E-state index contributed by atoms with van der Waals surface area (Å²) in [5, 5.41) is 8.64. The molecule has 1 N–H and O–H groups in total. The van der Waals surface area contributed by atoms with E-state index < -0.39 is 0 Å². The van der Waals surface area contributed by atoms with Gasteiger partial charge in [0, 0.05) is 12.5 Å². The van der Waals surface area contributed by atoms with Crippen LogP contribution < -0.4 is 0 Å². The first-order valence-electron chi connectivity index (χ1n) is 2.98. The molecule has 0 amide bonds. The molecule has 0 aliphatic carbocycles. The maximum atomic E-state index is 8.64. The largest absolute Gasteiger partial charge is 0.396 e. The summed E-state index contributed by atoms with van der Waals surface area (Å²) in [6.07, 6.45) is 0.992. The third-order valence-corrected chi connectivity index (χ3v) is 1.41. The van der Waals surface area contributed by atoms with Gasteiger partial charge >= 0.3 is 0 Å². The van der Waals surface area contributed by atoms with Crippen LogP contribution in [0.4, 0.5) is 0 Å². The van der Waals surface area contributed by atoms with E-state index in [0.29, 0.717) is 5.92 Å². The lowest BCUT2D eigenvalue weighted by Gasteiger charge is -2.08. The molecule has 0 aliphatic rings. The van der Waals surface area contributed by atoms with Crippen molar-refractivity contribution in [3.8, 4) is 0 Å². The molecule has 0 rings (SSSR count). The van der Waals surface area contributed by atoms with Crippen molar-refractivity contribution < 1.29 is 5.11 Å². The van der Waals surface area contributed by atoms with Crippen LogP contribution in [0.25, 0.3) is 0 Å². The molecule has 0 spiro atoms. The fourth-order valence-electron chi connectivity index (χ4n) is 0.633. The highest BCUT2D eigenvalue weighted by Gasteiger charge is 2.02. The molecule has 0 aromatic heterocycles. The van der Waals surface area contributed by atoms with Gasteiger partial charge in [0.05, 0.1) is 0 Å². The lowest BCUT2D eigenvalue weighted by molar-refractivity contribution is 0.243. The smallest absolute Gasteiger partial charge is 0.0496 e. The molecule has 0 bridgehead atoms. The predicted octanol–water partition coefficient (Wildman–Crippen LogP) is 1.58. The standard InChI is InChI=1S/C7H14O/c1-4-7(5-8)6(2)3/h7-8H,2,4-5H2,1,3H3/t7-/m0/s1. The zero-order valence-corrected chi connectivity index (χ0v) is 5.65. The van der Waals surface area contributed by atoms with Crippen molar-refractivity contribution in [1.82, 2.24) is 0 Å². The molecule has 1 heteroatoms. The molecule has 1 atom stereocenters. The Balaban J connectivity index is 3.52. The molecule has 48 valence electrons. The van der Waals surface area contributed by atoms with Crippen LogP contribution in [0.15, 0.2) is 12.2 Å². The third kappa shape index (κ3) is 2.12. The molecule has 0 radical (unpaired) electrons. The summed E-state index contributed by atoms with van der Waals surface area (Å²) in [5.41, 5.74) is 1.08. The van der Waals surface area contributed by atoms with Crippen molar-refractivity contribution in [1.29, 1.82) is 0 Å². The average molecular weight is 114 g/mol. The summed E-state index contributed by atoms with van der Waals surface area (Å²) in [7, 11) is 0. The normalized spacial score (nSPS) is 13.4. The van der Waals surface area contributed by atoms with Crippen LogP contribution in [-0.2, 0) is 0 Å². The van der Waals surface area contributed by atoms with E-state index in [1.54, 1.807) is 0 Å². The summed E-state index contributed by atoms with van der Waals surface area (Å²) in [5.74, 6) is 0.315. The molecule has 0 fully saturated rings. The number of rotatable bonds is 3. The van der Waals surface area contributed by atoms with Crippen LogP contribution in [0, 0.1) is 5.92 Å². The van der Waals surface area contributed by atoms with E-state index in [1.165, 1.54) is 0 Å². The van der Waals surface area contributed by atoms with Gasteiger partial charge in [-0.1, -0.05) is 19.1 Å².